The first kappa shape index (κ1) is 20.2. The molecule has 0 saturated carbocycles. The number of aromatic nitrogens is 1. The number of hydrogen-bond donors (Lipinski definition) is 1. The average Bonchev–Trinajstić information content (AvgIpc) is 3.09. The van der Waals surface area contributed by atoms with Crippen molar-refractivity contribution in [1.82, 2.24) is 19.7 Å². The van der Waals surface area contributed by atoms with Gasteiger partial charge in [0.25, 0.3) is 0 Å². The maximum atomic E-state index is 11.5. The summed E-state index contributed by atoms with van der Waals surface area (Å²) < 4.78 is 29.4. The third-order valence-electron chi connectivity index (χ3n) is 3.73. The third-order valence-corrected chi connectivity index (χ3v) is 5.00. The fourth-order valence-electron chi connectivity index (χ4n) is 2.52. The van der Waals surface area contributed by atoms with Crippen molar-refractivity contribution in [2.45, 2.75) is 13.0 Å². The first-order valence-electron chi connectivity index (χ1n) is 7.16. The molecule has 0 radical (unpaired) electrons. The molecule has 1 fully saturated rings. The topological polar surface area (TPSA) is 91.0 Å². The second kappa shape index (κ2) is 8.83. The molecule has 0 aliphatic carbocycles. The number of sulfonamides is 1. The van der Waals surface area contributed by atoms with Crippen LogP contribution in [0.4, 0.5) is 0 Å². The zero-order chi connectivity index (χ0) is 16.2. The lowest BCUT2D eigenvalue weighted by Crippen LogP contribution is -2.41. The van der Waals surface area contributed by atoms with Gasteiger partial charge >= 0.3 is 0 Å². The molecule has 1 saturated heterocycles. The van der Waals surface area contributed by atoms with Gasteiger partial charge in [0.15, 0.2) is 5.96 Å². The van der Waals surface area contributed by atoms with Crippen LogP contribution < -0.4 is 5.32 Å². The highest BCUT2D eigenvalue weighted by molar-refractivity contribution is 14.0. The van der Waals surface area contributed by atoms with Crippen molar-refractivity contribution in [2.75, 3.05) is 40.0 Å². The Balaban J connectivity index is 0.00000264. The van der Waals surface area contributed by atoms with E-state index in [0.717, 1.165) is 18.1 Å². The van der Waals surface area contributed by atoms with Crippen LogP contribution in [-0.2, 0) is 16.6 Å². The maximum Gasteiger partial charge on any atom is 0.211 e. The molecule has 1 aliphatic heterocycles. The molecule has 1 unspecified atom stereocenters. The van der Waals surface area contributed by atoms with Gasteiger partial charge in [-0.2, -0.15) is 0 Å². The minimum absolute atomic E-state index is 0. The summed E-state index contributed by atoms with van der Waals surface area (Å²) in [7, 11) is 0.555. The fraction of sp³-hybridized carbons (Fsp3) is 0.692. The van der Waals surface area contributed by atoms with Crippen molar-refractivity contribution >= 4 is 40.0 Å². The van der Waals surface area contributed by atoms with Gasteiger partial charge in [0.1, 0.15) is 12.0 Å². The van der Waals surface area contributed by atoms with E-state index < -0.39 is 10.0 Å². The molecule has 0 amide bonds. The van der Waals surface area contributed by atoms with Crippen LogP contribution in [0, 0.1) is 5.92 Å². The van der Waals surface area contributed by atoms with Gasteiger partial charge in [0.05, 0.1) is 12.8 Å². The largest absolute Gasteiger partial charge is 0.364 e. The lowest BCUT2D eigenvalue weighted by Gasteiger charge is -2.22. The van der Waals surface area contributed by atoms with E-state index in [0.29, 0.717) is 32.1 Å². The molecule has 2 rings (SSSR count). The van der Waals surface area contributed by atoms with Gasteiger partial charge < -0.3 is 14.7 Å². The Bertz CT molecular complexity index is 605. The monoisotopic (exact) mass is 457 g/mol. The summed E-state index contributed by atoms with van der Waals surface area (Å²) in [5.74, 6) is 1.05. The first-order chi connectivity index (χ1) is 10.4. The molecule has 23 heavy (non-hydrogen) atoms. The van der Waals surface area contributed by atoms with E-state index in [1.807, 2.05) is 18.0 Å². The molecule has 1 aromatic rings. The summed E-state index contributed by atoms with van der Waals surface area (Å²) >= 11 is 0. The second-order valence-electron chi connectivity index (χ2n) is 5.55. The van der Waals surface area contributed by atoms with E-state index >= 15 is 0 Å². The zero-order valence-corrected chi connectivity index (χ0v) is 16.7. The Morgan fingerprint density at radius 2 is 2.35 bits per heavy atom. The molecule has 132 valence electrons. The lowest BCUT2D eigenvalue weighted by molar-refractivity contribution is 0.389. The molecule has 0 spiro atoms. The van der Waals surface area contributed by atoms with Crippen LogP contribution in [-0.4, -0.2) is 68.7 Å². The number of halogens is 1. The molecule has 2 heterocycles. The first-order valence-corrected chi connectivity index (χ1v) is 9.01. The van der Waals surface area contributed by atoms with Gasteiger partial charge in [-0.15, -0.1) is 24.0 Å². The van der Waals surface area contributed by atoms with E-state index in [9.17, 15) is 8.42 Å². The standard InChI is InChI=1S/C13H23N5O3S.HI/c1-14-13(17(2)10-12-5-7-21-16-12)15-8-11-4-6-18(9-11)22(3,19)20;/h5,7,11H,4,6,8-10H2,1-3H3,(H,14,15);1H. The molecule has 1 N–H and O–H groups in total. The van der Waals surface area contributed by atoms with Crippen molar-refractivity contribution in [1.29, 1.82) is 0 Å². The zero-order valence-electron chi connectivity index (χ0n) is 13.6. The van der Waals surface area contributed by atoms with E-state index in [2.05, 4.69) is 15.5 Å². The quantitative estimate of drug-likeness (QED) is 0.395. The van der Waals surface area contributed by atoms with Crippen molar-refractivity contribution in [3.63, 3.8) is 0 Å². The Morgan fingerprint density at radius 3 is 2.87 bits per heavy atom. The summed E-state index contributed by atoms with van der Waals surface area (Å²) in [6.07, 6.45) is 3.66. The van der Waals surface area contributed by atoms with Gasteiger partial charge in [-0.25, -0.2) is 12.7 Å². The molecule has 1 aliphatic rings. The van der Waals surface area contributed by atoms with Crippen LogP contribution in [0.5, 0.6) is 0 Å². The van der Waals surface area contributed by atoms with Gasteiger partial charge in [-0.05, 0) is 12.3 Å². The molecule has 1 atom stereocenters. The van der Waals surface area contributed by atoms with Crippen LogP contribution in [0.2, 0.25) is 0 Å². The molecular weight excluding hydrogens is 433 g/mol. The van der Waals surface area contributed by atoms with Crippen LogP contribution in [0.15, 0.2) is 21.8 Å². The van der Waals surface area contributed by atoms with Crippen molar-refractivity contribution in [2.24, 2.45) is 10.9 Å². The van der Waals surface area contributed by atoms with E-state index in [1.165, 1.54) is 16.8 Å². The molecule has 1 aromatic heterocycles. The highest BCUT2D eigenvalue weighted by Gasteiger charge is 2.28. The summed E-state index contributed by atoms with van der Waals surface area (Å²) in [5.41, 5.74) is 0.828. The van der Waals surface area contributed by atoms with Crippen molar-refractivity contribution in [3.8, 4) is 0 Å². The van der Waals surface area contributed by atoms with Crippen LogP contribution in [0.25, 0.3) is 0 Å². The minimum atomic E-state index is -3.08. The van der Waals surface area contributed by atoms with Gasteiger partial charge in [-0.1, -0.05) is 5.16 Å². The van der Waals surface area contributed by atoms with Gasteiger partial charge in [0, 0.05) is 39.8 Å². The number of nitrogens with zero attached hydrogens (tertiary/aromatic N) is 4. The average molecular weight is 457 g/mol. The number of guanidine groups is 1. The third kappa shape index (κ3) is 5.92. The molecule has 0 bridgehead atoms. The predicted octanol–water partition coefficient (Wildman–Crippen LogP) is 0.581. The van der Waals surface area contributed by atoms with Crippen molar-refractivity contribution in [3.05, 3.63) is 18.0 Å². The fourth-order valence-corrected chi connectivity index (χ4v) is 3.44. The molecular formula is C13H24IN5O3S. The minimum Gasteiger partial charge on any atom is -0.364 e. The van der Waals surface area contributed by atoms with Crippen LogP contribution in [0.1, 0.15) is 12.1 Å². The van der Waals surface area contributed by atoms with E-state index in [4.69, 9.17) is 4.52 Å². The lowest BCUT2D eigenvalue weighted by atomic mass is 10.1. The molecule has 8 nitrogen and oxygen atoms in total. The smallest absolute Gasteiger partial charge is 0.211 e. The highest BCUT2D eigenvalue weighted by atomic mass is 127. The molecule has 10 heteroatoms. The van der Waals surface area contributed by atoms with Gasteiger partial charge in [0.2, 0.25) is 10.0 Å². The summed E-state index contributed by atoms with van der Waals surface area (Å²) in [4.78, 5) is 6.18. The normalized spacial score (nSPS) is 19.4. The SMILES string of the molecule is CN=C(NCC1CCN(S(C)(=O)=O)C1)N(C)Cc1ccon1.I. The Labute approximate surface area is 154 Å². The van der Waals surface area contributed by atoms with Crippen LogP contribution >= 0.6 is 24.0 Å². The van der Waals surface area contributed by atoms with Crippen LogP contribution in [0.3, 0.4) is 0 Å². The number of rotatable bonds is 5. The Kier molecular flexibility index (Phi) is 7.74. The highest BCUT2D eigenvalue weighted by Crippen LogP contribution is 2.17. The Hall–Kier alpha value is -0.880. The second-order valence-corrected chi connectivity index (χ2v) is 7.53. The summed E-state index contributed by atoms with van der Waals surface area (Å²) in [6, 6.07) is 1.81. The molecule has 0 aromatic carbocycles. The Morgan fingerprint density at radius 1 is 1.61 bits per heavy atom. The summed E-state index contributed by atoms with van der Waals surface area (Å²) in [6.45, 7) is 2.45. The number of hydrogen-bond acceptors (Lipinski definition) is 5. The maximum absolute atomic E-state index is 11.5. The van der Waals surface area contributed by atoms with Crippen molar-refractivity contribution < 1.29 is 12.9 Å². The summed E-state index contributed by atoms with van der Waals surface area (Å²) in [5, 5.41) is 7.17. The van der Waals surface area contributed by atoms with Gasteiger partial charge in [-0.3, -0.25) is 4.99 Å². The van der Waals surface area contributed by atoms with E-state index in [1.54, 1.807) is 7.05 Å². The van der Waals surface area contributed by atoms with E-state index in [-0.39, 0.29) is 24.0 Å². The number of nitrogens with one attached hydrogen (secondary N) is 1. The predicted molar refractivity (Wildman–Crippen MR) is 99.3 cm³/mol. The number of aliphatic imine (C=N–C) groups is 1.